The third kappa shape index (κ3) is 3.20. The Bertz CT molecular complexity index is 1250. The van der Waals surface area contributed by atoms with Crippen LogP contribution < -0.4 is 21.5 Å². The summed E-state index contributed by atoms with van der Waals surface area (Å²) in [6, 6.07) is 10.7. The fourth-order valence-corrected chi connectivity index (χ4v) is 3.52. The molecule has 0 saturated carbocycles. The van der Waals surface area contributed by atoms with Crippen LogP contribution in [0.25, 0.3) is 11.0 Å². The third-order valence-electron chi connectivity index (χ3n) is 5.12. The molecule has 1 N–H and O–H groups in total. The van der Waals surface area contributed by atoms with Crippen LogP contribution in [-0.2, 0) is 23.7 Å². The summed E-state index contributed by atoms with van der Waals surface area (Å²) in [6.45, 7) is 0.284. The van der Waals surface area contributed by atoms with Gasteiger partial charge in [-0.05, 0) is 18.2 Å². The van der Waals surface area contributed by atoms with Crippen molar-refractivity contribution in [3.63, 3.8) is 0 Å². The molecule has 1 saturated heterocycles. The molecule has 29 heavy (non-hydrogen) atoms. The van der Waals surface area contributed by atoms with Crippen LogP contribution in [0.3, 0.4) is 0 Å². The highest BCUT2D eigenvalue weighted by Gasteiger charge is 2.35. The molecule has 0 bridgehead atoms. The zero-order valence-corrected chi connectivity index (χ0v) is 16.0. The van der Waals surface area contributed by atoms with Crippen LogP contribution >= 0.6 is 0 Å². The Hall–Kier alpha value is -3.75. The normalized spacial score (nSPS) is 16.4. The van der Waals surface area contributed by atoms with Crippen molar-refractivity contribution >= 4 is 34.2 Å². The van der Waals surface area contributed by atoms with Crippen LogP contribution in [0.2, 0.25) is 0 Å². The standard InChI is InChI=1S/C20H19N5O4/c1-23-17-15(19(28)24(2)20(23)29)9-13(10-21-17)22-18(27)12-8-16(26)25(11-12)14-6-4-3-5-7-14/h3-7,9-10,12H,8,11H2,1-2H3,(H,22,27). The van der Waals surface area contributed by atoms with Crippen molar-refractivity contribution in [2.45, 2.75) is 6.42 Å². The number of aryl methyl sites for hydroxylation is 1. The predicted octanol–water partition coefficient (Wildman–Crippen LogP) is 0.624. The van der Waals surface area contributed by atoms with Gasteiger partial charge in [-0.1, -0.05) is 18.2 Å². The molecule has 0 aliphatic carbocycles. The maximum Gasteiger partial charge on any atom is 0.332 e. The third-order valence-corrected chi connectivity index (χ3v) is 5.12. The minimum atomic E-state index is -0.513. The zero-order valence-electron chi connectivity index (χ0n) is 16.0. The topological polar surface area (TPSA) is 106 Å². The van der Waals surface area contributed by atoms with E-state index in [1.165, 1.54) is 30.9 Å². The minimum Gasteiger partial charge on any atom is -0.324 e. The lowest BCUT2D eigenvalue weighted by Crippen LogP contribution is -2.37. The number of aromatic nitrogens is 3. The van der Waals surface area contributed by atoms with Crippen LogP contribution in [-0.4, -0.2) is 32.5 Å². The zero-order chi connectivity index (χ0) is 20.7. The van der Waals surface area contributed by atoms with E-state index in [0.717, 1.165) is 10.3 Å². The molecule has 2 aromatic heterocycles. The first-order valence-electron chi connectivity index (χ1n) is 9.09. The molecule has 3 heterocycles. The average Bonchev–Trinajstić information content (AvgIpc) is 3.13. The molecule has 2 amide bonds. The van der Waals surface area contributed by atoms with Gasteiger partial charge in [0, 0.05) is 32.7 Å². The van der Waals surface area contributed by atoms with Crippen LogP contribution in [0.1, 0.15) is 6.42 Å². The number of fused-ring (bicyclic) bond motifs is 1. The van der Waals surface area contributed by atoms with Crippen LogP contribution in [0.4, 0.5) is 11.4 Å². The van der Waals surface area contributed by atoms with Crippen LogP contribution in [0, 0.1) is 5.92 Å². The number of anilines is 2. The van der Waals surface area contributed by atoms with E-state index in [-0.39, 0.29) is 35.8 Å². The molecular weight excluding hydrogens is 374 g/mol. The fraction of sp³-hybridized carbons (Fsp3) is 0.250. The second kappa shape index (κ2) is 7.01. The number of carbonyl (C=O) groups excluding carboxylic acids is 2. The molecular formula is C20H19N5O4. The van der Waals surface area contributed by atoms with Crippen molar-refractivity contribution in [1.29, 1.82) is 0 Å². The minimum absolute atomic E-state index is 0.109. The van der Waals surface area contributed by atoms with Crippen molar-refractivity contribution in [1.82, 2.24) is 14.1 Å². The second-order valence-corrected chi connectivity index (χ2v) is 7.03. The number of rotatable bonds is 3. The first-order chi connectivity index (χ1) is 13.9. The summed E-state index contributed by atoms with van der Waals surface area (Å²) in [6.07, 6.45) is 1.50. The highest BCUT2D eigenvalue weighted by Crippen LogP contribution is 2.26. The molecule has 9 nitrogen and oxygen atoms in total. The fourth-order valence-electron chi connectivity index (χ4n) is 3.52. The van der Waals surface area contributed by atoms with Crippen molar-refractivity contribution in [3.05, 3.63) is 63.4 Å². The molecule has 1 aromatic carbocycles. The van der Waals surface area contributed by atoms with Gasteiger partial charge in [0.1, 0.15) is 5.65 Å². The Morgan fingerprint density at radius 1 is 1.10 bits per heavy atom. The summed E-state index contributed by atoms with van der Waals surface area (Å²) in [4.78, 5) is 55.1. The summed E-state index contributed by atoms with van der Waals surface area (Å²) < 4.78 is 2.26. The second-order valence-electron chi connectivity index (χ2n) is 7.03. The van der Waals surface area contributed by atoms with Gasteiger partial charge in [0.2, 0.25) is 11.8 Å². The molecule has 1 unspecified atom stereocenters. The van der Waals surface area contributed by atoms with Gasteiger partial charge in [-0.3, -0.25) is 23.5 Å². The van der Waals surface area contributed by atoms with Gasteiger partial charge >= 0.3 is 5.69 Å². The summed E-state index contributed by atoms with van der Waals surface area (Å²) >= 11 is 0. The highest BCUT2D eigenvalue weighted by atomic mass is 16.2. The lowest BCUT2D eigenvalue weighted by atomic mass is 10.1. The maximum atomic E-state index is 12.7. The predicted molar refractivity (Wildman–Crippen MR) is 108 cm³/mol. The summed E-state index contributed by atoms with van der Waals surface area (Å²) in [5.41, 5.74) is 0.367. The van der Waals surface area contributed by atoms with E-state index < -0.39 is 17.2 Å². The monoisotopic (exact) mass is 393 g/mol. The smallest absolute Gasteiger partial charge is 0.324 e. The Balaban J connectivity index is 1.58. The highest BCUT2D eigenvalue weighted by molar-refractivity contribution is 6.03. The number of benzene rings is 1. The van der Waals surface area contributed by atoms with Gasteiger partial charge in [-0.25, -0.2) is 9.78 Å². The van der Waals surface area contributed by atoms with Gasteiger partial charge in [-0.2, -0.15) is 0 Å². The number of pyridine rings is 1. The molecule has 4 rings (SSSR count). The van der Waals surface area contributed by atoms with Gasteiger partial charge in [-0.15, -0.1) is 0 Å². The van der Waals surface area contributed by atoms with Crippen LogP contribution in [0.5, 0.6) is 0 Å². The summed E-state index contributed by atoms with van der Waals surface area (Å²) in [7, 11) is 2.91. The van der Waals surface area contributed by atoms with E-state index in [1.807, 2.05) is 30.3 Å². The summed E-state index contributed by atoms with van der Waals surface area (Å²) in [5.74, 6) is -0.946. The lowest BCUT2D eigenvalue weighted by molar-refractivity contribution is -0.122. The SMILES string of the molecule is Cn1c(=O)c2cc(NC(=O)C3CC(=O)N(c4ccccc4)C3)cnc2n(C)c1=O. The Morgan fingerprint density at radius 3 is 2.55 bits per heavy atom. The number of carbonyl (C=O) groups is 2. The lowest BCUT2D eigenvalue weighted by Gasteiger charge is -2.16. The molecule has 1 aliphatic rings. The van der Waals surface area contributed by atoms with E-state index in [0.29, 0.717) is 5.69 Å². The van der Waals surface area contributed by atoms with Crippen molar-refractivity contribution < 1.29 is 9.59 Å². The Kier molecular flexibility index (Phi) is 4.50. The van der Waals surface area contributed by atoms with Crippen molar-refractivity contribution in [3.8, 4) is 0 Å². The number of amides is 2. The van der Waals surface area contributed by atoms with E-state index in [1.54, 1.807) is 4.90 Å². The maximum absolute atomic E-state index is 12.7. The van der Waals surface area contributed by atoms with Crippen molar-refractivity contribution in [2.75, 3.05) is 16.8 Å². The van der Waals surface area contributed by atoms with Crippen molar-refractivity contribution in [2.24, 2.45) is 20.0 Å². The molecule has 148 valence electrons. The van der Waals surface area contributed by atoms with Gasteiger partial charge in [0.05, 0.1) is 23.2 Å². The Morgan fingerprint density at radius 2 is 1.83 bits per heavy atom. The van der Waals surface area contributed by atoms with E-state index in [4.69, 9.17) is 0 Å². The van der Waals surface area contributed by atoms with Gasteiger partial charge in [0.25, 0.3) is 5.56 Å². The molecule has 0 spiro atoms. The quantitative estimate of drug-likeness (QED) is 0.702. The average molecular weight is 393 g/mol. The number of para-hydroxylation sites is 1. The molecule has 0 radical (unpaired) electrons. The van der Waals surface area contributed by atoms with Gasteiger partial charge in [0.15, 0.2) is 0 Å². The Labute approximate surface area is 165 Å². The van der Waals surface area contributed by atoms with E-state index in [9.17, 15) is 19.2 Å². The molecule has 9 heteroatoms. The molecule has 1 aliphatic heterocycles. The molecule has 1 atom stereocenters. The first-order valence-corrected chi connectivity index (χ1v) is 9.09. The summed E-state index contributed by atoms with van der Waals surface area (Å²) in [5, 5.41) is 2.96. The molecule has 3 aromatic rings. The number of nitrogens with zero attached hydrogens (tertiary/aromatic N) is 4. The largest absolute Gasteiger partial charge is 0.332 e. The van der Waals surface area contributed by atoms with E-state index in [2.05, 4.69) is 10.3 Å². The van der Waals surface area contributed by atoms with E-state index >= 15 is 0 Å². The molecule has 1 fully saturated rings. The first kappa shape index (κ1) is 18.6. The van der Waals surface area contributed by atoms with Gasteiger partial charge < -0.3 is 10.2 Å². The number of hydrogen-bond donors (Lipinski definition) is 1. The number of nitrogens with one attached hydrogen (secondary N) is 1. The van der Waals surface area contributed by atoms with Crippen LogP contribution in [0.15, 0.2) is 52.2 Å². The number of hydrogen-bond acceptors (Lipinski definition) is 5.